The number of nitrogens with zero attached hydrogens (tertiary/aromatic N) is 5. The Morgan fingerprint density at radius 1 is 1.29 bits per heavy atom. The number of nitrogens with one attached hydrogen (secondary N) is 1. The molecular weight excluding hydrogens is 460 g/mol. The smallest absolute Gasteiger partial charge is 0.361 e. The lowest BCUT2D eigenvalue weighted by atomic mass is 10.0. The van der Waals surface area contributed by atoms with Crippen molar-refractivity contribution in [2.24, 2.45) is 0 Å². The van der Waals surface area contributed by atoms with Crippen LogP contribution < -0.4 is 0 Å². The number of ether oxygens (including phenoxy) is 1. The summed E-state index contributed by atoms with van der Waals surface area (Å²) in [6.07, 6.45) is 3.18. The molecule has 0 aliphatic heterocycles. The van der Waals surface area contributed by atoms with Crippen molar-refractivity contribution in [2.45, 2.75) is 46.1 Å². The number of imidazole rings is 1. The van der Waals surface area contributed by atoms with Gasteiger partial charge in [0, 0.05) is 10.7 Å². The summed E-state index contributed by atoms with van der Waals surface area (Å²) < 4.78 is 8.06. The van der Waals surface area contributed by atoms with E-state index >= 15 is 0 Å². The summed E-state index contributed by atoms with van der Waals surface area (Å²) >= 11 is 3.38. The number of hydrogen-bond acceptors (Lipinski definition) is 6. The molecule has 0 fully saturated rings. The van der Waals surface area contributed by atoms with Gasteiger partial charge >= 0.3 is 5.97 Å². The average molecular weight is 483 g/mol. The van der Waals surface area contributed by atoms with Crippen molar-refractivity contribution in [1.29, 1.82) is 0 Å². The van der Waals surface area contributed by atoms with Crippen LogP contribution in [-0.4, -0.2) is 35.9 Å². The summed E-state index contributed by atoms with van der Waals surface area (Å²) in [5.74, 6) is 0.383. The fraction of sp³-hybridized carbons (Fsp3) is 0.318. The SMILES string of the molecule is CCCc1c(C(=O)OCc2nc3ncc(Br)cc3[nH]2)nnn1-c1cccc(C(C)C)c1. The van der Waals surface area contributed by atoms with Crippen molar-refractivity contribution in [3.8, 4) is 5.69 Å². The van der Waals surface area contributed by atoms with Gasteiger partial charge in [-0.25, -0.2) is 19.4 Å². The Balaban J connectivity index is 1.56. The van der Waals surface area contributed by atoms with E-state index in [4.69, 9.17) is 4.74 Å². The lowest BCUT2D eigenvalue weighted by Gasteiger charge is -2.10. The molecule has 0 saturated carbocycles. The van der Waals surface area contributed by atoms with Crippen molar-refractivity contribution in [3.63, 3.8) is 0 Å². The highest BCUT2D eigenvalue weighted by molar-refractivity contribution is 9.10. The minimum Gasteiger partial charge on any atom is -0.453 e. The van der Waals surface area contributed by atoms with E-state index in [0.29, 0.717) is 23.8 Å². The molecule has 3 heterocycles. The molecule has 0 radical (unpaired) electrons. The average Bonchev–Trinajstić information content (AvgIpc) is 3.36. The molecule has 0 aliphatic carbocycles. The molecule has 3 aromatic heterocycles. The Hall–Kier alpha value is -3.07. The number of aromatic amines is 1. The molecule has 1 N–H and O–H groups in total. The van der Waals surface area contributed by atoms with E-state index in [2.05, 4.69) is 74.1 Å². The van der Waals surface area contributed by atoms with Crippen molar-refractivity contribution >= 4 is 33.1 Å². The first-order valence-corrected chi connectivity index (χ1v) is 11.0. The Labute approximate surface area is 188 Å². The van der Waals surface area contributed by atoms with E-state index in [-0.39, 0.29) is 12.3 Å². The van der Waals surface area contributed by atoms with Crippen LogP contribution in [0.2, 0.25) is 0 Å². The number of carbonyl (C=O) groups is 1. The van der Waals surface area contributed by atoms with Gasteiger partial charge in [-0.1, -0.05) is 44.5 Å². The Morgan fingerprint density at radius 2 is 2.13 bits per heavy atom. The third kappa shape index (κ3) is 4.51. The highest BCUT2D eigenvalue weighted by Gasteiger charge is 2.22. The van der Waals surface area contributed by atoms with Crippen LogP contribution in [0.1, 0.15) is 60.7 Å². The molecule has 4 rings (SSSR count). The Bertz CT molecular complexity index is 1230. The van der Waals surface area contributed by atoms with Crippen LogP contribution in [0.3, 0.4) is 0 Å². The summed E-state index contributed by atoms with van der Waals surface area (Å²) in [6.45, 7) is 6.33. The number of fused-ring (bicyclic) bond motifs is 1. The summed E-state index contributed by atoms with van der Waals surface area (Å²) in [7, 11) is 0. The molecule has 0 spiro atoms. The molecule has 0 atom stereocenters. The molecule has 0 bridgehead atoms. The van der Waals surface area contributed by atoms with E-state index in [1.165, 1.54) is 5.56 Å². The van der Waals surface area contributed by atoms with Crippen LogP contribution in [0.4, 0.5) is 0 Å². The zero-order valence-electron chi connectivity index (χ0n) is 17.6. The number of aromatic nitrogens is 6. The van der Waals surface area contributed by atoms with Crippen LogP contribution in [0.5, 0.6) is 0 Å². The van der Waals surface area contributed by atoms with Gasteiger partial charge in [0.1, 0.15) is 12.4 Å². The maximum atomic E-state index is 12.8. The van der Waals surface area contributed by atoms with Crippen molar-refractivity contribution < 1.29 is 9.53 Å². The monoisotopic (exact) mass is 482 g/mol. The third-order valence-corrected chi connectivity index (χ3v) is 5.35. The van der Waals surface area contributed by atoms with Crippen LogP contribution in [0.15, 0.2) is 41.0 Å². The Morgan fingerprint density at radius 3 is 2.90 bits per heavy atom. The van der Waals surface area contributed by atoms with Crippen LogP contribution in [0, 0.1) is 0 Å². The number of esters is 1. The van der Waals surface area contributed by atoms with E-state index in [1.54, 1.807) is 10.9 Å². The standard InChI is InChI=1S/C22H23BrN6O2/c1-4-6-18-20(27-28-29(18)16-8-5-7-14(9-16)13(2)3)22(30)31-12-19-25-17-10-15(23)11-24-21(17)26-19/h5,7-11,13H,4,6,12H2,1-3H3,(H,24,25,26). The molecule has 0 saturated heterocycles. The van der Waals surface area contributed by atoms with E-state index in [1.807, 2.05) is 18.2 Å². The second-order valence-electron chi connectivity index (χ2n) is 7.58. The molecule has 1 aromatic carbocycles. The van der Waals surface area contributed by atoms with Gasteiger partial charge < -0.3 is 9.72 Å². The van der Waals surface area contributed by atoms with Crippen LogP contribution in [0.25, 0.3) is 16.9 Å². The molecule has 0 amide bonds. The lowest BCUT2D eigenvalue weighted by Crippen LogP contribution is -2.11. The van der Waals surface area contributed by atoms with E-state index < -0.39 is 5.97 Å². The number of halogens is 1. The number of benzene rings is 1. The summed E-state index contributed by atoms with van der Waals surface area (Å²) in [5.41, 5.74) is 4.39. The third-order valence-electron chi connectivity index (χ3n) is 4.92. The van der Waals surface area contributed by atoms with E-state index in [9.17, 15) is 4.79 Å². The molecule has 0 unspecified atom stereocenters. The van der Waals surface area contributed by atoms with Gasteiger partial charge in [0.15, 0.2) is 11.3 Å². The molecule has 8 nitrogen and oxygen atoms in total. The van der Waals surface area contributed by atoms with Gasteiger partial charge in [-0.2, -0.15) is 0 Å². The predicted octanol–water partition coefficient (Wildman–Crippen LogP) is 4.73. The quantitative estimate of drug-likeness (QED) is 0.382. The predicted molar refractivity (Wildman–Crippen MR) is 120 cm³/mol. The molecule has 160 valence electrons. The minimum atomic E-state index is -0.524. The second kappa shape index (κ2) is 8.97. The zero-order valence-corrected chi connectivity index (χ0v) is 19.2. The first-order chi connectivity index (χ1) is 15.0. The largest absolute Gasteiger partial charge is 0.453 e. The van der Waals surface area contributed by atoms with Gasteiger partial charge in [0.05, 0.1) is 16.9 Å². The van der Waals surface area contributed by atoms with Crippen molar-refractivity contribution in [3.05, 3.63) is 63.8 Å². The van der Waals surface area contributed by atoms with Gasteiger partial charge in [-0.15, -0.1) is 5.10 Å². The van der Waals surface area contributed by atoms with Gasteiger partial charge in [-0.3, -0.25) is 0 Å². The molecule has 31 heavy (non-hydrogen) atoms. The fourth-order valence-corrected chi connectivity index (χ4v) is 3.67. The maximum Gasteiger partial charge on any atom is 0.361 e. The van der Waals surface area contributed by atoms with Gasteiger partial charge in [0.2, 0.25) is 0 Å². The normalized spacial score (nSPS) is 11.4. The summed E-state index contributed by atoms with van der Waals surface area (Å²) in [6, 6.07) is 9.99. The summed E-state index contributed by atoms with van der Waals surface area (Å²) in [5, 5.41) is 8.39. The van der Waals surface area contributed by atoms with Crippen molar-refractivity contribution in [2.75, 3.05) is 0 Å². The van der Waals surface area contributed by atoms with Crippen molar-refractivity contribution in [1.82, 2.24) is 29.9 Å². The first-order valence-electron chi connectivity index (χ1n) is 10.2. The van der Waals surface area contributed by atoms with Gasteiger partial charge in [-0.05, 0) is 52.0 Å². The van der Waals surface area contributed by atoms with E-state index in [0.717, 1.165) is 27.8 Å². The maximum absolute atomic E-state index is 12.8. The molecule has 9 heteroatoms. The Kier molecular flexibility index (Phi) is 6.13. The first kappa shape index (κ1) is 21.2. The number of rotatable bonds is 7. The molecule has 4 aromatic rings. The highest BCUT2D eigenvalue weighted by atomic mass is 79.9. The van der Waals surface area contributed by atoms with Crippen LogP contribution in [-0.2, 0) is 17.8 Å². The lowest BCUT2D eigenvalue weighted by molar-refractivity contribution is 0.0455. The molecular formula is C22H23BrN6O2. The molecule has 0 aliphatic rings. The second-order valence-corrected chi connectivity index (χ2v) is 8.50. The minimum absolute atomic E-state index is 0.00588. The number of H-pyrrole nitrogens is 1. The number of pyridine rings is 1. The van der Waals surface area contributed by atoms with Crippen LogP contribution >= 0.6 is 15.9 Å². The highest BCUT2D eigenvalue weighted by Crippen LogP contribution is 2.21. The number of carbonyl (C=O) groups excluding carboxylic acids is 1. The topological polar surface area (TPSA) is 98.6 Å². The summed E-state index contributed by atoms with van der Waals surface area (Å²) in [4.78, 5) is 24.5. The zero-order chi connectivity index (χ0) is 22.0. The fourth-order valence-electron chi connectivity index (χ4n) is 3.34. The van der Waals surface area contributed by atoms with Gasteiger partial charge in [0.25, 0.3) is 0 Å². The number of hydrogen-bond donors (Lipinski definition) is 1.